The van der Waals surface area contributed by atoms with Crippen molar-refractivity contribution < 1.29 is 18.0 Å². The van der Waals surface area contributed by atoms with Gasteiger partial charge in [-0.05, 0) is 0 Å². The molecule has 0 saturated carbocycles. The molecular formula is C3H5F3N2O. The molecule has 6 heteroatoms. The topological polar surface area (TPSA) is 55.1 Å². The Morgan fingerprint density at radius 1 is 1.67 bits per heavy atom. The Morgan fingerprint density at radius 2 is 2.11 bits per heavy atom. The second kappa shape index (κ2) is 2.56. The van der Waals surface area contributed by atoms with Crippen LogP contribution >= 0.6 is 0 Å². The van der Waals surface area contributed by atoms with Gasteiger partial charge in [-0.15, -0.1) is 0 Å². The van der Waals surface area contributed by atoms with E-state index in [1.54, 1.807) is 0 Å². The minimum Gasteiger partial charge on any atom is -0.352 e. The lowest BCUT2D eigenvalue weighted by Gasteiger charge is -2.10. The molecule has 54 valence electrons. The highest BCUT2D eigenvalue weighted by atomic mass is 19.3. The van der Waals surface area contributed by atoms with Gasteiger partial charge in [0.15, 0.2) is 6.67 Å². The van der Waals surface area contributed by atoms with Crippen LogP contribution in [0.25, 0.3) is 0 Å². The first kappa shape index (κ1) is 8.06. The van der Waals surface area contributed by atoms with Gasteiger partial charge in [0.2, 0.25) is 0 Å². The molecule has 0 unspecified atom stereocenters. The van der Waals surface area contributed by atoms with E-state index < -0.39 is 18.8 Å². The number of nitrogens with two attached hydrogens (primary N) is 1. The van der Waals surface area contributed by atoms with Crippen molar-refractivity contribution in [2.45, 2.75) is 6.05 Å². The van der Waals surface area contributed by atoms with Gasteiger partial charge in [0, 0.05) is 0 Å². The molecule has 0 heterocycles. The number of halogens is 3. The number of alkyl halides is 3. The van der Waals surface area contributed by atoms with Crippen molar-refractivity contribution in [1.82, 2.24) is 5.32 Å². The molecule has 0 aromatic carbocycles. The van der Waals surface area contributed by atoms with Gasteiger partial charge in [0.1, 0.15) is 0 Å². The number of urea groups is 1. The van der Waals surface area contributed by atoms with Crippen molar-refractivity contribution in [3.8, 4) is 0 Å². The molecule has 0 radical (unpaired) electrons. The Labute approximate surface area is 49.0 Å². The summed E-state index contributed by atoms with van der Waals surface area (Å²) in [6.07, 6.45) is 0. The lowest BCUT2D eigenvalue weighted by Crippen LogP contribution is -2.45. The highest BCUT2D eigenvalue weighted by molar-refractivity contribution is 5.72. The fourth-order valence-corrected chi connectivity index (χ4v) is 0.214. The second-order valence-electron chi connectivity index (χ2n) is 1.33. The quantitative estimate of drug-likeness (QED) is 0.532. The summed E-state index contributed by atoms with van der Waals surface area (Å²) in [5.74, 6) is 0. The van der Waals surface area contributed by atoms with E-state index in [2.05, 4.69) is 5.73 Å². The van der Waals surface area contributed by atoms with E-state index in [9.17, 15) is 18.0 Å². The maximum atomic E-state index is 11.6. The molecule has 0 aromatic rings. The number of amides is 2. The molecule has 0 aliphatic rings. The molecule has 0 fully saturated rings. The predicted molar refractivity (Wildman–Crippen MR) is 23.6 cm³/mol. The van der Waals surface area contributed by atoms with E-state index in [1.165, 1.54) is 0 Å². The summed E-state index contributed by atoms with van der Waals surface area (Å²) < 4.78 is 34.3. The minimum atomic E-state index is -3.83. The number of nitrogens with one attached hydrogen (secondary N) is 1. The van der Waals surface area contributed by atoms with Crippen molar-refractivity contribution in [2.75, 3.05) is 6.67 Å². The standard InChI is InChI=1S/C3H5F3N2O/c4-1-3(5,6)8-2(7)9/h1H2,(H3,7,8,9). The fourth-order valence-electron chi connectivity index (χ4n) is 0.214. The van der Waals surface area contributed by atoms with E-state index in [-0.39, 0.29) is 0 Å². The summed E-state index contributed by atoms with van der Waals surface area (Å²) in [5, 5.41) is 0.899. The highest BCUT2D eigenvalue weighted by Gasteiger charge is 2.29. The summed E-state index contributed by atoms with van der Waals surface area (Å²) in [4.78, 5) is 9.64. The van der Waals surface area contributed by atoms with Crippen molar-refractivity contribution in [1.29, 1.82) is 0 Å². The summed E-state index contributed by atoms with van der Waals surface area (Å²) in [6, 6.07) is -5.27. The first-order chi connectivity index (χ1) is 3.98. The fraction of sp³-hybridized carbons (Fsp3) is 0.667. The van der Waals surface area contributed by atoms with Crippen LogP contribution in [0, 0.1) is 0 Å². The van der Waals surface area contributed by atoms with Gasteiger partial charge in [-0.2, -0.15) is 8.78 Å². The predicted octanol–water partition coefficient (Wildman–Crippen LogP) is 0.217. The monoisotopic (exact) mass is 142 g/mol. The van der Waals surface area contributed by atoms with Crippen molar-refractivity contribution in [3.63, 3.8) is 0 Å². The zero-order valence-corrected chi connectivity index (χ0v) is 4.33. The minimum absolute atomic E-state index is 0.899. The van der Waals surface area contributed by atoms with Gasteiger partial charge in [-0.25, -0.2) is 9.18 Å². The number of hydrogen-bond donors (Lipinski definition) is 2. The van der Waals surface area contributed by atoms with Crippen LogP contribution in [0.3, 0.4) is 0 Å². The van der Waals surface area contributed by atoms with Gasteiger partial charge in [-0.3, -0.25) is 5.32 Å². The average molecular weight is 142 g/mol. The molecular weight excluding hydrogens is 137 g/mol. The molecule has 0 aliphatic heterocycles. The Morgan fingerprint density at radius 3 is 2.22 bits per heavy atom. The maximum Gasteiger partial charge on any atom is 0.354 e. The van der Waals surface area contributed by atoms with Crippen LogP contribution < -0.4 is 11.1 Å². The molecule has 0 aliphatic carbocycles. The van der Waals surface area contributed by atoms with Crippen molar-refractivity contribution in [3.05, 3.63) is 0 Å². The normalized spacial score (nSPS) is 11.0. The molecule has 0 atom stereocenters. The second-order valence-corrected chi connectivity index (χ2v) is 1.33. The van der Waals surface area contributed by atoms with Crippen LogP contribution in [0.4, 0.5) is 18.0 Å². The summed E-state index contributed by atoms with van der Waals surface area (Å²) in [6.45, 7) is -1.95. The van der Waals surface area contributed by atoms with Crippen molar-refractivity contribution >= 4 is 6.03 Å². The van der Waals surface area contributed by atoms with Crippen LogP contribution in [0.5, 0.6) is 0 Å². The third-order valence-corrected chi connectivity index (χ3v) is 0.474. The highest BCUT2D eigenvalue weighted by Crippen LogP contribution is 2.07. The molecule has 2 amide bonds. The number of rotatable bonds is 2. The van der Waals surface area contributed by atoms with E-state index >= 15 is 0 Å². The lowest BCUT2D eigenvalue weighted by molar-refractivity contribution is -0.0419. The van der Waals surface area contributed by atoms with Gasteiger partial charge in [-0.1, -0.05) is 0 Å². The maximum absolute atomic E-state index is 11.6. The number of carbonyl (C=O) groups is 1. The smallest absolute Gasteiger partial charge is 0.352 e. The van der Waals surface area contributed by atoms with Crippen LogP contribution in [0.15, 0.2) is 0 Å². The molecule has 3 N–H and O–H groups in total. The Bertz CT molecular complexity index is 116. The molecule has 0 aromatic heterocycles. The van der Waals surface area contributed by atoms with Gasteiger partial charge in [0.05, 0.1) is 0 Å². The third kappa shape index (κ3) is 3.63. The molecule has 3 nitrogen and oxygen atoms in total. The van der Waals surface area contributed by atoms with Crippen LogP contribution in [-0.4, -0.2) is 18.8 Å². The van der Waals surface area contributed by atoms with Crippen LogP contribution in [0.1, 0.15) is 0 Å². The molecule has 0 spiro atoms. The van der Waals surface area contributed by atoms with E-state index in [0.29, 0.717) is 0 Å². The van der Waals surface area contributed by atoms with Crippen LogP contribution in [-0.2, 0) is 0 Å². The number of carbonyl (C=O) groups excluding carboxylic acids is 1. The van der Waals surface area contributed by atoms with Crippen LogP contribution in [0.2, 0.25) is 0 Å². The summed E-state index contributed by atoms with van der Waals surface area (Å²) in [7, 11) is 0. The van der Waals surface area contributed by atoms with E-state index in [1.807, 2.05) is 0 Å². The summed E-state index contributed by atoms with van der Waals surface area (Å²) >= 11 is 0. The third-order valence-electron chi connectivity index (χ3n) is 0.474. The zero-order chi connectivity index (χ0) is 7.49. The Kier molecular flexibility index (Phi) is 2.29. The van der Waals surface area contributed by atoms with Gasteiger partial charge >= 0.3 is 12.1 Å². The molecule has 9 heavy (non-hydrogen) atoms. The van der Waals surface area contributed by atoms with Crippen molar-refractivity contribution in [2.24, 2.45) is 5.73 Å². The van der Waals surface area contributed by atoms with E-state index in [4.69, 9.17) is 0 Å². The Balaban J connectivity index is 3.71. The molecule has 0 saturated heterocycles. The largest absolute Gasteiger partial charge is 0.354 e. The average Bonchev–Trinajstić information content (AvgIpc) is 1.63. The first-order valence-electron chi connectivity index (χ1n) is 1.99. The molecule has 0 rings (SSSR count). The van der Waals surface area contributed by atoms with Gasteiger partial charge < -0.3 is 5.73 Å². The number of hydrogen-bond acceptors (Lipinski definition) is 1. The first-order valence-corrected chi connectivity index (χ1v) is 1.99. The SMILES string of the molecule is NC(=O)NC(F)(F)CF. The summed E-state index contributed by atoms with van der Waals surface area (Å²) in [5.41, 5.74) is 4.26. The zero-order valence-electron chi connectivity index (χ0n) is 4.33. The Hall–Kier alpha value is -0.940. The molecule has 0 bridgehead atoms. The van der Waals surface area contributed by atoms with E-state index in [0.717, 1.165) is 5.32 Å². The van der Waals surface area contributed by atoms with Gasteiger partial charge in [0.25, 0.3) is 0 Å². The lowest BCUT2D eigenvalue weighted by atomic mass is 10.6. The number of primary amides is 1.